The van der Waals surface area contributed by atoms with Crippen molar-refractivity contribution in [1.29, 1.82) is 0 Å². The molecule has 3 fully saturated rings. The Morgan fingerprint density at radius 3 is 2.62 bits per heavy atom. The van der Waals surface area contributed by atoms with Crippen LogP contribution in [0.25, 0.3) is 10.9 Å². The van der Waals surface area contributed by atoms with Crippen LogP contribution in [0, 0.1) is 5.92 Å². The summed E-state index contributed by atoms with van der Waals surface area (Å²) in [5.41, 5.74) is 1.41. The minimum atomic E-state index is -1.06. The lowest BCUT2D eigenvalue weighted by atomic mass is 9.99. The smallest absolute Gasteiger partial charge is 0.293 e. The van der Waals surface area contributed by atoms with Gasteiger partial charge in [0.1, 0.15) is 16.8 Å². The lowest BCUT2D eigenvalue weighted by molar-refractivity contribution is -0.136. The minimum absolute atomic E-state index is 0.0307. The lowest BCUT2D eigenvalue weighted by Gasteiger charge is -2.33. The van der Waals surface area contributed by atoms with E-state index in [0.717, 1.165) is 41.5 Å². The van der Waals surface area contributed by atoms with Crippen molar-refractivity contribution < 1.29 is 33.4 Å². The van der Waals surface area contributed by atoms with Gasteiger partial charge in [-0.25, -0.2) is 4.98 Å². The molecule has 17 heteroatoms. The van der Waals surface area contributed by atoms with Gasteiger partial charge in [-0.3, -0.25) is 39.0 Å². The quantitative estimate of drug-likeness (QED) is 0.189. The van der Waals surface area contributed by atoms with E-state index in [9.17, 15) is 28.8 Å². The molecule has 2 saturated heterocycles. The van der Waals surface area contributed by atoms with Crippen molar-refractivity contribution in [2.24, 2.45) is 5.92 Å². The molecular formula is C38H37ClN8O8. The molecule has 1 saturated carbocycles. The zero-order valence-corrected chi connectivity index (χ0v) is 30.6. The van der Waals surface area contributed by atoms with Crippen LogP contribution in [0.5, 0.6) is 11.5 Å². The SMILES string of the molecule is CNC(=O)COc1cc2cc(Nc3nc(N4CCC[C@H](COc5cccc6c5C(=O)N(C5CCC(=O)NC5=O)C6=O)C4)ncc3Cl)ccc2n(C2CC2)c1=O. The normalized spacial score (nSPS) is 19.7. The summed E-state index contributed by atoms with van der Waals surface area (Å²) in [6.45, 7) is 1.23. The minimum Gasteiger partial charge on any atom is -0.492 e. The second kappa shape index (κ2) is 14.7. The number of carbonyl (C=O) groups excluding carboxylic acids is 5. The number of carbonyl (C=O) groups is 5. The number of nitrogens with zero attached hydrogens (tertiary/aromatic N) is 5. The third-order valence-electron chi connectivity index (χ3n) is 10.3. The number of anilines is 3. The molecular weight excluding hydrogens is 732 g/mol. The van der Waals surface area contributed by atoms with Crippen LogP contribution < -0.4 is 35.9 Å². The first-order chi connectivity index (χ1) is 26.6. The Hall–Kier alpha value is -6.03. The van der Waals surface area contributed by atoms with Gasteiger partial charge in [0.05, 0.1) is 29.4 Å². The Labute approximate surface area is 319 Å². The van der Waals surface area contributed by atoms with Crippen LogP contribution in [0.2, 0.25) is 5.02 Å². The number of benzene rings is 2. The number of likely N-dealkylation sites (N-methyl/N-ethyl adjacent to an activating group) is 1. The molecule has 2 aromatic heterocycles. The van der Waals surface area contributed by atoms with Crippen molar-refractivity contribution in [2.45, 2.75) is 50.6 Å². The summed E-state index contributed by atoms with van der Waals surface area (Å²) in [7, 11) is 1.50. The Balaban J connectivity index is 0.961. The number of fused-ring (bicyclic) bond motifs is 2. The predicted molar refractivity (Wildman–Crippen MR) is 200 cm³/mol. The largest absolute Gasteiger partial charge is 0.492 e. The van der Waals surface area contributed by atoms with Gasteiger partial charge in [-0.2, -0.15) is 4.98 Å². The molecule has 1 aliphatic carbocycles. The maximum atomic E-state index is 13.5. The highest BCUT2D eigenvalue weighted by Crippen LogP contribution is 2.38. The van der Waals surface area contributed by atoms with E-state index in [4.69, 9.17) is 26.1 Å². The van der Waals surface area contributed by atoms with E-state index in [0.29, 0.717) is 35.6 Å². The van der Waals surface area contributed by atoms with E-state index in [1.165, 1.54) is 19.3 Å². The second-order valence-electron chi connectivity index (χ2n) is 14.0. The van der Waals surface area contributed by atoms with Crippen LogP contribution >= 0.6 is 11.6 Å². The molecule has 8 rings (SSSR count). The Kier molecular flexibility index (Phi) is 9.59. The molecule has 3 aliphatic heterocycles. The lowest BCUT2D eigenvalue weighted by Crippen LogP contribution is -2.54. The number of halogens is 1. The van der Waals surface area contributed by atoms with E-state index in [2.05, 4.69) is 20.9 Å². The van der Waals surface area contributed by atoms with Gasteiger partial charge in [0.25, 0.3) is 23.3 Å². The number of ether oxygens (including phenoxy) is 2. The summed E-state index contributed by atoms with van der Waals surface area (Å²) in [5.74, 6) is -1.43. The van der Waals surface area contributed by atoms with Gasteiger partial charge in [-0.05, 0) is 68.5 Å². The van der Waals surface area contributed by atoms with Gasteiger partial charge in [-0.1, -0.05) is 17.7 Å². The van der Waals surface area contributed by atoms with E-state index in [1.54, 1.807) is 22.8 Å². The molecule has 2 atom stereocenters. The van der Waals surface area contributed by atoms with E-state index >= 15 is 0 Å². The van der Waals surface area contributed by atoms with Gasteiger partial charge >= 0.3 is 0 Å². The van der Waals surface area contributed by atoms with Crippen LogP contribution in [0.1, 0.15) is 65.3 Å². The molecule has 4 aromatic rings. The monoisotopic (exact) mass is 768 g/mol. The summed E-state index contributed by atoms with van der Waals surface area (Å²) in [6, 6.07) is 11.0. The molecule has 284 valence electrons. The third kappa shape index (κ3) is 7.04. The number of aromatic nitrogens is 3. The Morgan fingerprint density at radius 1 is 1.00 bits per heavy atom. The zero-order chi connectivity index (χ0) is 38.4. The molecule has 2 aromatic carbocycles. The second-order valence-corrected chi connectivity index (χ2v) is 14.4. The molecule has 0 spiro atoms. The fourth-order valence-electron chi connectivity index (χ4n) is 7.34. The summed E-state index contributed by atoms with van der Waals surface area (Å²) >= 11 is 6.58. The van der Waals surface area contributed by atoms with Crippen LogP contribution in [-0.4, -0.2) is 88.4 Å². The van der Waals surface area contributed by atoms with Crippen LogP contribution in [0.3, 0.4) is 0 Å². The molecule has 5 amide bonds. The van der Waals surface area contributed by atoms with Crippen molar-refractivity contribution in [3.05, 3.63) is 75.2 Å². The standard InChI is InChI=1S/C38H37ClN8O8/c1-40-31(49)19-55-29-15-21-14-22(7-10-26(21)46(36(29)52)23-8-9-23)42-33-25(39)16-41-38(44-33)45-13-3-4-20(17-45)18-54-28-6-2-5-24-32(28)37(53)47(35(24)51)27-11-12-30(48)43-34(27)50/h2,5-7,10,14-16,20,23,27H,3-4,8-9,11-13,17-19H2,1H3,(H,40,49)(H,41,42,44)(H,43,48,50)/t20-,27?/m0/s1. The highest BCUT2D eigenvalue weighted by Gasteiger charge is 2.46. The van der Waals surface area contributed by atoms with E-state index in [1.807, 2.05) is 23.1 Å². The maximum Gasteiger partial charge on any atom is 0.293 e. The predicted octanol–water partition coefficient (Wildman–Crippen LogP) is 3.34. The molecule has 55 heavy (non-hydrogen) atoms. The molecule has 16 nitrogen and oxygen atoms in total. The Morgan fingerprint density at radius 2 is 1.84 bits per heavy atom. The molecule has 4 aliphatic rings. The number of amides is 5. The first-order valence-electron chi connectivity index (χ1n) is 18.1. The number of rotatable bonds is 11. The topological polar surface area (TPSA) is 194 Å². The molecule has 5 heterocycles. The van der Waals surface area contributed by atoms with Gasteiger partial charge in [-0.15, -0.1) is 0 Å². The highest BCUT2D eigenvalue weighted by molar-refractivity contribution is 6.33. The molecule has 0 radical (unpaired) electrons. The average Bonchev–Trinajstić information content (AvgIpc) is 3.99. The Bertz CT molecular complexity index is 2330. The van der Waals surface area contributed by atoms with Crippen LogP contribution in [-0.2, 0) is 14.4 Å². The van der Waals surface area contributed by atoms with Crippen molar-refractivity contribution >= 4 is 69.5 Å². The number of hydrogen-bond acceptors (Lipinski definition) is 12. The summed E-state index contributed by atoms with van der Waals surface area (Å²) < 4.78 is 13.5. The summed E-state index contributed by atoms with van der Waals surface area (Å²) in [4.78, 5) is 88.3. The average molecular weight is 769 g/mol. The molecule has 0 bridgehead atoms. The number of hydrogen-bond donors (Lipinski definition) is 3. The van der Waals surface area contributed by atoms with E-state index in [-0.39, 0.29) is 72.1 Å². The third-order valence-corrected chi connectivity index (χ3v) is 10.5. The van der Waals surface area contributed by atoms with Gasteiger partial charge < -0.3 is 29.6 Å². The fourth-order valence-corrected chi connectivity index (χ4v) is 7.48. The first kappa shape index (κ1) is 36.0. The fraction of sp³-hybridized carbons (Fsp3) is 0.368. The van der Waals surface area contributed by atoms with Crippen LogP contribution in [0.15, 0.2) is 53.5 Å². The van der Waals surface area contributed by atoms with Crippen molar-refractivity contribution in [3.63, 3.8) is 0 Å². The maximum absolute atomic E-state index is 13.5. The summed E-state index contributed by atoms with van der Waals surface area (Å²) in [6.07, 6.45) is 5.08. The number of imide groups is 2. The number of pyridine rings is 1. The van der Waals surface area contributed by atoms with Crippen molar-refractivity contribution in [2.75, 3.05) is 43.6 Å². The number of piperidine rings is 2. The number of nitrogens with one attached hydrogen (secondary N) is 3. The van der Waals surface area contributed by atoms with E-state index < -0.39 is 29.7 Å². The van der Waals surface area contributed by atoms with Crippen molar-refractivity contribution in [3.8, 4) is 11.5 Å². The van der Waals surface area contributed by atoms with Gasteiger partial charge in [0.15, 0.2) is 18.2 Å². The van der Waals surface area contributed by atoms with Crippen LogP contribution in [0.4, 0.5) is 17.5 Å². The summed E-state index contributed by atoms with van der Waals surface area (Å²) in [5, 5.41) is 9.05. The highest BCUT2D eigenvalue weighted by atomic mass is 35.5. The van der Waals surface area contributed by atoms with Crippen molar-refractivity contribution in [1.82, 2.24) is 30.1 Å². The first-order valence-corrected chi connectivity index (χ1v) is 18.5. The molecule has 1 unspecified atom stereocenters. The zero-order valence-electron chi connectivity index (χ0n) is 29.8. The van der Waals surface area contributed by atoms with Gasteiger partial charge in [0, 0.05) is 49.6 Å². The molecule has 3 N–H and O–H groups in total. The van der Waals surface area contributed by atoms with Gasteiger partial charge in [0.2, 0.25) is 17.8 Å².